The third kappa shape index (κ3) is 4.79. The fourth-order valence-electron chi connectivity index (χ4n) is 4.15. The predicted molar refractivity (Wildman–Crippen MR) is 133 cm³/mol. The van der Waals surface area contributed by atoms with Crippen LogP contribution in [0.15, 0.2) is 23.1 Å². The zero-order valence-electron chi connectivity index (χ0n) is 18.7. The summed E-state index contributed by atoms with van der Waals surface area (Å²) in [6, 6.07) is 3.96. The normalized spacial score (nSPS) is 14.6. The zero-order valence-corrected chi connectivity index (χ0v) is 21.1. The summed E-state index contributed by atoms with van der Waals surface area (Å²) in [7, 11) is 0. The van der Waals surface area contributed by atoms with E-state index >= 15 is 0 Å². The summed E-state index contributed by atoms with van der Waals surface area (Å²) in [5.41, 5.74) is 3.00. The van der Waals surface area contributed by atoms with E-state index in [9.17, 15) is 0 Å². The first-order valence-electron chi connectivity index (χ1n) is 11.0. The molecule has 10 heteroatoms. The Balaban J connectivity index is 1.46. The maximum Gasteiger partial charge on any atom is 0.161 e. The van der Waals surface area contributed by atoms with E-state index in [0.717, 1.165) is 84.3 Å². The molecule has 2 aromatic heterocycles. The fourth-order valence-corrected chi connectivity index (χ4v) is 4.81. The van der Waals surface area contributed by atoms with E-state index in [2.05, 4.69) is 71.6 Å². The highest BCUT2D eigenvalue weighted by molar-refractivity contribution is 9.10. The molecule has 0 atom stereocenters. The smallest absolute Gasteiger partial charge is 0.161 e. The Morgan fingerprint density at radius 3 is 2.56 bits per heavy atom. The van der Waals surface area contributed by atoms with E-state index in [1.54, 1.807) is 6.33 Å². The second kappa shape index (κ2) is 10.2. The number of likely N-dealkylation sites (N-methyl/N-ethyl adjacent to an activating group) is 1. The van der Waals surface area contributed by atoms with Crippen molar-refractivity contribution in [2.75, 3.05) is 62.2 Å². The van der Waals surface area contributed by atoms with Crippen molar-refractivity contribution in [3.63, 3.8) is 0 Å². The highest BCUT2D eigenvalue weighted by atomic mass is 79.9. The Kier molecular flexibility index (Phi) is 7.37. The minimum atomic E-state index is 0.652. The second-order valence-corrected chi connectivity index (χ2v) is 9.02. The summed E-state index contributed by atoms with van der Waals surface area (Å²) in [4.78, 5) is 15.8. The molecule has 3 heterocycles. The number of H-pyrrole nitrogens is 1. The van der Waals surface area contributed by atoms with Crippen molar-refractivity contribution in [1.29, 1.82) is 0 Å². The number of aromatic amines is 1. The number of nitrogens with one attached hydrogen (secondary N) is 1. The summed E-state index contributed by atoms with van der Waals surface area (Å²) in [5.74, 6) is 1.76. The summed E-state index contributed by atoms with van der Waals surface area (Å²) in [5, 5.41) is 8.77. The van der Waals surface area contributed by atoms with Gasteiger partial charge in [-0.1, -0.05) is 25.4 Å². The Morgan fingerprint density at radius 1 is 1.12 bits per heavy atom. The average Bonchev–Trinajstić information content (AvgIpc) is 3.20. The van der Waals surface area contributed by atoms with E-state index in [4.69, 9.17) is 16.3 Å². The van der Waals surface area contributed by atoms with E-state index in [-0.39, 0.29) is 0 Å². The standard InChI is InChI=1S/C22H29BrClN7O/c1-4-29(5-2)10-11-32-18-13-16(24)12-17(15(18)3)30-6-8-31(9-7-30)22-19-20(23)27-28-21(19)25-14-26-22/h12-14H,4-11H2,1-3H3,(H,25,26,27,28). The molecule has 32 heavy (non-hydrogen) atoms. The van der Waals surface area contributed by atoms with Gasteiger partial charge in [0.15, 0.2) is 5.65 Å². The van der Waals surface area contributed by atoms with Gasteiger partial charge in [0, 0.05) is 49.0 Å². The SMILES string of the molecule is CCN(CC)CCOc1cc(Cl)cc(N2CCN(c3ncnc4[nH]nc(Br)c34)CC2)c1C. The summed E-state index contributed by atoms with van der Waals surface area (Å²) in [6.45, 7) is 13.5. The molecule has 0 unspecified atom stereocenters. The summed E-state index contributed by atoms with van der Waals surface area (Å²) < 4.78 is 6.87. The van der Waals surface area contributed by atoms with E-state index in [1.807, 2.05) is 12.1 Å². The van der Waals surface area contributed by atoms with Gasteiger partial charge in [-0.25, -0.2) is 9.97 Å². The number of hydrogen-bond donors (Lipinski definition) is 1. The zero-order chi connectivity index (χ0) is 22.7. The first-order valence-corrected chi connectivity index (χ1v) is 12.2. The quantitative estimate of drug-likeness (QED) is 0.477. The van der Waals surface area contributed by atoms with E-state index in [0.29, 0.717) is 11.6 Å². The molecule has 0 amide bonds. The van der Waals surface area contributed by atoms with Crippen LogP contribution in [-0.4, -0.2) is 77.5 Å². The van der Waals surface area contributed by atoms with Crippen molar-refractivity contribution in [2.45, 2.75) is 20.8 Å². The fraction of sp³-hybridized carbons (Fsp3) is 0.500. The number of rotatable bonds is 8. The van der Waals surface area contributed by atoms with Crippen LogP contribution in [-0.2, 0) is 0 Å². The van der Waals surface area contributed by atoms with Crippen LogP contribution in [0.2, 0.25) is 5.02 Å². The molecule has 1 saturated heterocycles. The average molecular weight is 523 g/mol. The topological polar surface area (TPSA) is 73.4 Å². The molecule has 8 nitrogen and oxygen atoms in total. The van der Waals surface area contributed by atoms with Crippen LogP contribution in [0.3, 0.4) is 0 Å². The number of aromatic nitrogens is 4. The van der Waals surface area contributed by atoms with Gasteiger partial charge < -0.3 is 19.4 Å². The van der Waals surface area contributed by atoms with Crippen molar-refractivity contribution in [3.8, 4) is 5.75 Å². The molecular formula is C22H29BrClN7O. The number of fused-ring (bicyclic) bond motifs is 1. The molecule has 1 N–H and O–H groups in total. The van der Waals surface area contributed by atoms with Crippen molar-refractivity contribution in [2.24, 2.45) is 0 Å². The van der Waals surface area contributed by atoms with E-state index in [1.165, 1.54) is 0 Å². The largest absolute Gasteiger partial charge is 0.492 e. The first kappa shape index (κ1) is 23.1. The highest BCUT2D eigenvalue weighted by Gasteiger charge is 2.24. The van der Waals surface area contributed by atoms with Crippen molar-refractivity contribution in [3.05, 3.63) is 33.6 Å². The minimum absolute atomic E-state index is 0.652. The first-order chi connectivity index (χ1) is 15.5. The van der Waals surface area contributed by atoms with Gasteiger partial charge in [0.2, 0.25) is 0 Å². The lowest BCUT2D eigenvalue weighted by Gasteiger charge is -2.37. The molecule has 1 fully saturated rings. The molecule has 0 spiro atoms. The summed E-state index contributed by atoms with van der Waals surface area (Å²) >= 11 is 9.98. The van der Waals surface area contributed by atoms with Crippen molar-refractivity contribution >= 4 is 50.1 Å². The lowest BCUT2D eigenvalue weighted by Crippen LogP contribution is -2.47. The number of ether oxygens (including phenoxy) is 1. The molecule has 3 aromatic rings. The van der Waals surface area contributed by atoms with Gasteiger partial charge in [0.25, 0.3) is 0 Å². The number of nitrogens with zero attached hydrogens (tertiary/aromatic N) is 6. The number of anilines is 2. The van der Waals surface area contributed by atoms with Crippen molar-refractivity contribution < 1.29 is 4.74 Å². The van der Waals surface area contributed by atoms with Crippen LogP contribution in [0.5, 0.6) is 5.75 Å². The van der Waals surface area contributed by atoms with Gasteiger partial charge in [-0.3, -0.25) is 5.10 Å². The predicted octanol–water partition coefficient (Wildman–Crippen LogP) is 4.12. The number of halogens is 2. The van der Waals surface area contributed by atoms with Crippen LogP contribution in [0.25, 0.3) is 11.0 Å². The number of piperazine rings is 1. The van der Waals surface area contributed by atoms with Crippen molar-refractivity contribution in [1.82, 2.24) is 25.1 Å². The van der Waals surface area contributed by atoms with Gasteiger partial charge in [-0.15, -0.1) is 0 Å². The molecule has 1 aromatic carbocycles. The lowest BCUT2D eigenvalue weighted by atomic mass is 10.1. The molecule has 4 rings (SSSR count). The van der Waals surface area contributed by atoms with Gasteiger partial charge in [0.05, 0.1) is 5.39 Å². The highest BCUT2D eigenvalue weighted by Crippen LogP contribution is 2.34. The monoisotopic (exact) mass is 521 g/mol. The minimum Gasteiger partial charge on any atom is -0.492 e. The van der Waals surface area contributed by atoms with Crippen LogP contribution in [0.1, 0.15) is 19.4 Å². The van der Waals surface area contributed by atoms with Gasteiger partial charge >= 0.3 is 0 Å². The van der Waals surface area contributed by atoms with Gasteiger partial charge in [-0.2, -0.15) is 5.10 Å². The molecule has 1 aliphatic heterocycles. The Morgan fingerprint density at radius 2 is 1.84 bits per heavy atom. The second-order valence-electron chi connectivity index (χ2n) is 7.83. The molecule has 172 valence electrons. The molecular weight excluding hydrogens is 494 g/mol. The van der Waals surface area contributed by atoms with Crippen LogP contribution >= 0.6 is 27.5 Å². The molecule has 0 radical (unpaired) electrons. The van der Waals surface area contributed by atoms with Crippen LogP contribution in [0, 0.1) is 6.92 Å². The third-order valence-electron chi connectivity index (χ3n) is 6.07. The molecule has 0 bridgehead atoms. The van der Waals surface area contributed by atoms with Gasteiger partial charge in [0.1, 0.15) is 29.1 Å². The summed E-state index contributed by atoms with van der Waals surface area (Å²) in [6.07, 6.45) is 1.58. The van der Waals surface area contributed by atoms with Crippen LogP contribution < -0.4 is 14.5 Å². The van der Waals surface area contributed by atoms with E-state index < -0.39 is 0 Å². The molecule has 0 aliphatic carbocycles. The Labute approximate surface area is 202 Å². The maximum absolute atomic E-state index is 6.47. The Bertz CT molecular complexity index is 1060. The Hall–Kier alpha value is -2.10. The maximum atomic E-state index is 6.47. The van der Waals surface area contributed by atoms with Crippen LogP contribution in [0.4, 0.5) is 11.5 Å². The third-order valence-corrected chi connectivity index (χ3v) is 6.86. The lowest BCUT2D eigenvalue weighted by molar-refractivity contribution is 0.222. The molecule has 0 saturated carbocycles. The molecule has 1 aliphatic rings. The number of hydrogen-bond acceptors (Lipinski definition) is 7. The van der Waals surface area contributed by atoms with Gasteiger partial charge in [-0.05, 0) is 48.1 Å². The number of benzene rings is 1.